The van der Waals surface area contributed by atoms with E-state index in [4.69, 9.17) is 0 Å². The number of carbonyl (C=O) groups excluding carboxylic acids is 2. The van der Waals surface area contributed by atoms with Crippen LogP contribution in [0.1, 0.15) is 41.6 Å². The summed E-state index contributed by atoms with van der Waals surface area (Å²) in [6.07, 6.45) is 1.76. The topological polar surface area (TPSA) is 88.9 Å². The van der Waals surface area contributed by atoms with Crippen LogP contribution in [0.2, 0.25) is 0 Å². The van der Waals surface area contributed by atoms with Crippen molar-refractivity contribution in [3.8, 4) is 0 Å². The van der Waals surface area contributed by atoms with Crippen LogP contribution in [0.4, 0.5) is 5.69 Å². The molecule has 0 aliphatic heterocycles. The minimum absolute atomic E-state index is 0.0653. The average molecular weight is 514 g/mol. The van der Waals surface area contributed by atoms with Crippen LogP contribution < -0.4 is 10.6 Å². The predicted molar refractivity (Wildman–Crippen MR) is 150 cm³/mol. The Hall–Kier alpha value is -3.91. The van der Waals surface area contributed by atoms with E-state index in [0.29, 0.717) is 23.1 Å². The average Bonchev–Trinajstić information content (AvgIpc) is 3.28. The summed E-state index contributed by atoms with van der Waals surface area (Å²) in [5, 5.41) is 17.6. The van der Waals surface area contributed by atoms with E-state index in [2.05, 4.69) is 27.4 Å². The zero-order valence-corrected chi connectivity index (χ0v) is 22.1. The number of amides is 2. The Bertz CT molecular complexity index is 1430. The van der Waals surface area contributed by atoms with Crippen molar-refractivity contribution in [2.45, 2.75) is 38.5 Å². The Balaban J connectivity index is 1.47. The number of nitrogens with zero attached hydrogens (tertiary/aromatic N) is 3. The standard InChI is InChI=1S/C29H31N5O2S/c1-5-15-34-27(26(19(2)3)31-28(36)23-12-8-9-20(4)16-23)32-33-29(34)37-18-25(35)30-24-14-13-21-10-6-7-11-22(21)17-24/h5-14,16-17,19,26H,1,15,18H2,2-4H3,(H,30,35)(H,31,36)/t26-/m1/s1. The first kappa shape index (κ1) is 26.2. The maximum atomic E-state index is 13.0. The van der Waals surface area contributed by atoms with Crippen LogP contribution in [0.25, 0.3) is 10.8 Å². The van der Waals surface area contributed by atoms with Gasteiger partial charge in [-0.05, 0) is 47.9 Å². The maximum Gasteiger partial charge on any atom is 0.251 e. The van der Waals surface area contributed by atoms with Gasteiger partial charge >= 0.3 is 0 Å². The number of allylic oxidation sites excluding steroid dienone is 1. The summed E-state index contributed by atoms with van der Waals surface area (Å²) in [6, 6.07) is 21.0. The highest BCUT2D eigenvalue weighted by atomic mass is 32.2. The fraction of sp³-hybridized carbons (Fsp3) is 0.241. The van der Waals surface area contributed by atoms with Crippen molar-refractivity contribution < 1.29 is 9.59 Å². The van der Waals surface area contributed by atoms with Crippen LogP contribution in [-0.2, 0) is 11.3 Å². The molecule has 3 aromatic carbocycles. The van der Waals surface area contributed by atoms with Gasteiger partial charge in [0.05, 0.1) is 11.8 Å². The molecule has 2 amide bonds. The molecule has 0 aliphatic carbocycles. The lowest BCUT2D eigenvalue weighted by Gasteiger charge is -2.22. The number of thioether (sulfide) groups is 1. The molecule has 4 rings (SSSR count). The van der Waals surface area contributed by atoms with Gasteiger partial charge < -0.3 is 15.2 Å². The van der Waals surface area contributed by atoms with Gasteiger partial charge in [0.25, 0.3) is 5.91 Å². The Labute approximate surface area is 221 Å². The number of aromatic nitrogens is 3. The zero-order chi connectivity index (χ0) is 26.4. The minimum Gasteiger partial charge on any atom is -0.342 e. The van der Waals surface area contributed by atoms with Crippen molar-refractivity contribution in [3.05, 3.63) is 96.3 Å². The molecule has 37 heavy (non-hydrogen) atoms. The third-order valence-electron chi connectivity index (χ3n) is 5.93. The maximum absolute atomic E-state index is 13.0. The van der Waals surface area contributed by atoms with Gasteiger partial charge in [-0.15, -0.1) is 16.8 Å². The first-order chi connectivity index (χ1) is 17.9. The molecule has 1 aromatic heterocycles. The van der Waals surface area contributed by atoms with Gasteiger partial charge in [-0.3, -0.25) is 9.59 Å². The van der Waals surface area contributed by atoms with Gasteiger partial charge in [-0.1, -0.05) is 79.7 Å². The third kappa shape index (κ3) is 6.46. The molecule has 7 nitrogen and oxygen atoms in total. The molecule has 0 saturated carbocycles. The number of hydrogen-bond donors (Lipinski definition) is 2. The molecule has 4 aromatic rings. The van der Waals surface area contributed by atoms with Gasteiger partial charge in [-0.25, -0.2) is 0 Å². The molecule has 0 saturated heterocycles. The summed E-state index contributed by atoms with van der Waals surface area (Å²) in [5.74, 6) is 0.566. The summed E-state index contributed by atoms with van der Waals surface area (Å²) in [4.78, 5) is 25.7. The number of rotatable bonds is 10. The Morgan fingerprint density at radius 1 is 1.03 bits per heavy atom. The fourth-order valence-electron chi connectivity index (χ4n) is 4.07. The SMILES string of the molecule is C=CCn1c(SCC(=O)Nc2ccc3ccccc3c2)nnc1[C@H](NC(=O)c1cccc(C)c1)C(C)C. The van der Waals surface area contributed by atoms with E-state index >= 15 is 0 Å². The molecule has 1 atom stereocenters. The first-order valence-electron chi connectivity index (χ1n) is 12.2. The fourth-order valence-corrected chi connectivity index (χ4v) is 4.83. The van der Waals surface area contributed by atoms with Crippen LogP contribution in [0, 0.1) is 12.8 Å². The molecule has 0 radical (unpaired) electrons. The number of carbonyl (C=O) groups is 2. The first-order valence-corrected chi connectivity index (χ1v) is 13.2. The molecular weight excluding hydrogens is 482 g/mol. The summed E-state index contributed by atoms with van der Waals surface area (Å²) < 4.78 is 1.90. The molecule has 0 unspecified atom stereocenters. The van der Waals surface area contributed by atoms with Gasteiger partial charge in [0.2, 0.25) is 5.91 Å². The van der Waals surface area contributed by atoms with E-state index in [0.717, 1.165) is 22.0 Å². The summed E-state index contributed by atoms with van der Waals surface area (Å²) in [5.41, 5.74) is 2.36. The molecule has 2 N–H and O–H groups in total. The van der Waals surface area contributed by atoms with Crippen LogP contribution in [0.5, 0.6) is 0 Å². The quantitative estimate of drug-likeness (QED) is 0.207. The highest BCUT2D eigenvalue weighted by Crippen LogP contribution is 2.26. The monoisotopic (exact) mass is 513 g/mol. The molecular formula is C29H31N5O2S. The molecule has 190 valence electrons. The smallest absolute Gasteiger partial charge is 0.251 e. The number of anilines is 1. The van der Waals surface area contributed by atoms with Gasteiger partial charge in [-0.2, -0.15) is 0 Å². The Kier molecular flexibility index (Phi) is 8.40. The van der Waals surface area contributed by atoms with Crippen molar-refractivity contribution in [2.24, 2.45) is 5.92 Å². The second-order valence-corrected chi connectivity index (χ2v) is 10.1. The lowest BCUT2D eigenvalue weighted by atomic mass is 10.0. The highest BCUT2D eigenvalue weighted by Gasteiger charge is 2.26. The normalized spacial score (nSPS) is 11.9. The summed E-state index contributed by atoms with van der Waals surface area (Å²) in [6.45, 7) is 10.3. The van der Waals surface area contributed by atoms with Crippen molar-refractivity contribution in [2.75, 3.05) is 11.1 Å². The predicted octanol–water partition coefficient (Wildman–Crippen LogP) is 5.78. The minimum atomic E-state index is -0.360. The van der Waals surface area contributed by atoms with Gasteiger partial charge in [0.15, 0.2) is 11.0 Å². The van der Waals surface area contributed by atoms with Crippen molar-refractivity contribution in [1.29, 1.82) is 0 Å². The van der Waals surface area contributed by atoms with E-state index < -0.39 is 0 Å². The molecule has 1 heterocycles. The van der Waals surface area contributed by atoms with E-state index in [1.807, 2.05) is 86.0 Å². The lowest BCUT2D eigenvalue weighted by molar-refractivity contribution is -0.113. The van der Waals surface area contributed by atoms with E-state index in [1.165, 1.54) is 11.8 Å². The largest absolute Gasteiger partial charge is 0.342 e. The van der Waals surface area contributed by atoms with Gasteiger partial charge in [0.1, 0.15) is 0 Å². The van der Waals surface area contributed by atoms with E-state index in [9.17, 15) is 9.59 Å². The molecule has 0 spiro atoms. The summed E-state index contributed by atoms with van der Waals surface area (Å²) in [7, 11) is 0. The van der Waals surface area contributed by atoms with E-state index in [-0.39, 0.29) is 29.5 Å². The number of benzene rings is 3. The highest BCUT2D eigenvalue weighted by molar-refractivity contribution is 7.99. The zero-order valence-electron chi connectivity index (χ0n) is 21.3. The summed E-state index contributed by atoms with van der Waals surface area (Å²) >= 11 is 1.30. The van der Waals surface area contributed by atoms with Crippen molar-refractivity contribution in [3.63, 3.8) is 0 Å². The third-order valence-corrected chi connectivity index (χ3v) is 6.90. The van der Waals surface area contributed by atoms with Gasteiger partial charge in [0, 0.05) is 17.8 Å². The Morgan fingerprint density at radius 2 is 1.81 bits per heavy atom. The number of aryl methyl sites for hydroxylation is 1. The van der Waals surface area contributed by atoms with E-state index in [1.54, 1.807) is 12.1 Å². The van der Waals surface area contributed by atoms with Crippen LogP contribution in [-0.4, -0.2) is 32.3 Å². The second kappa shape index (κ2) is 11.9. The number of nitrogens with one attached hydrogen (secondary N) is 2. The molecule has 0 fully saturated rings. The van der Waals surface area contributed by atoms with Crippen molar-refractivity contribution in [1.82, 2.24) is 20.1 Å². The molecule has 0 bridgehead atoms. The van der Waals surface area contributed by atoms with Crippen molar-refractivity contribution >= 4 is 40.0 Å². The molecule has 0 aliphatic rings. The number of hydrogen-bond acceptors (Lipinski definition) is 5. The Morgan fingerprint density at radius 3 is 2.54 bits per heavy atom. The van der Waals surface area contributed by atoms with Crippen LogP contribution in [0.3, 0.4) is 0 Å². The second-order valence-electron chi connectivity index (χ2n) is 9.20. The number of fused-ring (bicyclic) bond motifs is 1. The lowest BCUT2D eigenvalue weighted by Crippen LogP contribution is -2.34. The van der Waals surface area contributed by atoms with Crippen LogP contribution in [0.15, 0.2) is 84.5 Å². The molecule has 8 heteroatoms. The van der Waals surface area contributed by atoms with Crippen LogP contribution >= 0.6 is 11.8 Å².